The average molecular weight is 442 g/mol. The Bertz CT molecular complexity index is 1280. The van der Waals surface area contributed by atoms with E-state index in [2.05, 4.69) is 10.2 Å². The predicted molar refractivity (Wildman–Crippen MR) is 113 cm³/mol. The second-order valence-electron chi connectivity index (χ2n) is 6.58. The van der Waals surface area contributed by atoms with Crippen molar-refractivity contribution in [3.05, 3.63) is 74.6 Å². The number of nitrogens with zero attached hydrogens (tertiary/aromatic N) is 4. The Hall–Kier alpha value is -3.60. The molecule has 31 heavy (non-hydrogen) atoms. The molecule has 4 aromatic rings. The van der Waals surface area contributed by atoms with Crippen LogP contribution in [0.1, 0.15) is 17.9 Å². The number of fused-ring (bicyclic) bond motifs is 1. The van der Waals surface area contributed by atoms with E-state index < -0.39 is 10.7 Å². The molecule has 0 aliphatic heterocycles. The highest BCUT2D eigenvalue weighted by Gasteiger charge is 2.15. The molecule has 0 atom stereocenters. The van der Waals surface area contributed by atoms with E-state index in [-0.39, 0.29) is 5.69 Å². The van der Waals surface area contributed by atoms with Gasteiger partial charge in [-0.15, -0.1) is 10.2 Å². The first-order valence-corrected chi connectivity index (χ1v) is 10.4. The summed E-state index contributed by atoms with van der Waals surface area (Å²) in [7, 11) is 1.61. The molecule has 2 aromatic heterocycles. The maximum atomic E-state index is 12.1. The SMILES string of the molecule is COc1ccccc1Cc1nnc(SCCCn2c(=O)oc3ccc([N+](=O)[O-])cc32)o1. The smallest absolute Gasteiger partial charge is 0.419 e. The van der Waals surface area contributed by atoms with Gasteiger partial charge in [0, 0.05) is 30.0 Å². The summed E-state index contributed by atoms with van der Waals surface area (Å²) >= 11 is 1.38. The number of hydrogen-bond donors (Lipinski definition) is 0. The molecule has 0 unspecified atom stereocenters. The van der Waals surface area contributed by atoms with Crippen LogP contribution in [-0.4, -0.2) is 32.6 Å². The summed E-state index contributed by atoms with van der Waals surface area (Å²) in [6.07, 6.45) is 1.07. The third-order valence-corrected chi connectivity index (χ3v) is 5.50. The van der Waals surface area contributed by atoms with Gasteiger partial charge in [-0.25, -0.2) is 4.79 Å². The molecule has 4 rings (SSSR count). The van der Waals surface area contributed by atoms with Crippen LogP contribution in [0, 0.1) is 10.1 Å². The van der Waals surface area contributed by atoms with Gasteiger partial charge in [-0.3, -0.25) is 14.7 Å². The monoisotopic (exact) mass is 442 g/mol. The number of para-hydroxylation sites is 1. The van der Waals surface area contributed by atoms with Crippen molar-refractivity contribution in [2.75, 3.05) is 12.9 Å². The van der Waals surface area contributed by atoms with Gasteiger partial charge in [-0.2, -0.15) is 0 Å². The van der Waals surface area contributed by atoms with Gasteiger partial charge in [-0.1, -0.05) is 30.0 Å². The lowest BCUT2D eigenvalue weighted by molar-refractivity contribution is -0.384. The van der Waals surface area contributed by atoms with Crippen LogP contribution >= 0.6 is 11.8 Å². The molecule has 160 valence electrons. The first-order valence-electron chi connectivity index (χ1n) is 9.40. The summed E-state index contributed by atoms with van der Waals surface area (Å²) in [6.45, 7) is 0.349. The van der Waals surface area contributed by atoms with Crippen molar-refractivity contribution < 1.29 is 18.5 Å². The maximum absolute atomic E-state index is 12.1. The number of hydrogen-bond acceptors (Lipinski definition) is 9. The molecule has 0 spiro atoms. The molecule has 11 heteroatoms. The lowest BCUT2D eigenvalue weighted by Crippen LogP contribution is -2.14. The van der Waals surface area contributed by atoms with Crippen molar-refractivity contribution in [1.29, 1.82) is 0 Å². The van der Waals surface area contributed by atoms with Gasteiger partial charge in [0.1, 0.15) is 5.75 Å². The molecular formula is C20H18N4O6S. The van der Waals surface area contributed by atoms with Crippen molar-refractivity contribution >= 4 is 28.5 Å². The van der Waals surface area contributed by atoms with Crippen LogP contribution in [0.4, 0.5) is 5.69 Å². The van der Waals surface area contributed by atoms with Crippen LogP contribution in [-0.2, 0) is 13.0 Å². The second kappa shape index (κ2) is 9.04. The lowest BCUT2D eigenvalue weighted by Gasteiger charge is -2.05. The standard InChI is InChI=1S/C20H18N4O6S/c1-28-16-6-3-2-5-13(16)11-18-21-22-19(30-18)31-10-4-9-23-15-12-14(24(26)27)7-8-17(15)29-20(23)25/h2-3,5-8,12H,4,9-11H2,1H3. The minimum Gasteiger partial charge on any atom is -0.496 e. The number of aromatic nitrogens is 3. The molecule has 0 fully saturated rings. The quantitative estimate of drug-likeness (QED) is 0.165. The first-order chi connectivity index (χ1) is 15.0. The number of non-ortho nitro benzene ring substituents is 1. The van der Waals surface area contributed by atoms with E-state index in [1.54, 1.807) is 7.11 Å². The summed E-state index contributed by atoms with van der Waals surface area (Å²) in [6, 6.07) is 11.7. The van der Waals surface area contributed by atoms with E-state index >= 15 is 0 Å². The Kier molecular flexibility index (Phi) is 6.03. The molecule has 0 N–H and O–H groups in total. The van der Waals surface area contributed by atoms with Crippen LogP contribution in [0.25, 0.3) is 11.1 Å². The molecule has 0 saturated heterocycles. The van der Waals surface area contributed by atoms with Crippen molar-refractivity contribution in [1.82, 2.24) is 14.8 Å². The highest BCUT2D eigenvalue weighted by Crippen LogP contribution is 2.24. The highest BCUT2D eigenvalue weighted by atomic mass is 32.2. The van der Waals surface area contributed by atoms with Crippen LogP contribution in [0.5, 0.6) is 5.75 Å². The van der Waals surface area contributed by atoms with Gasteiger partial charge in [-0.05, 0) is 18.6 Å². The summed E-state index contributed by atoms with van der Waals surface area (Å²) in [5.41, 5.74) is 1.58. The molecular weight excluding hydrogens is 424 g/mol. The zero-order chi connectivity index (χ0) is 21.8. The van der Waals surface area contributed by atoms with E-state index in [0.717, 1.165) is 11.3 Å². The number of methoxy groups -OCH3 is 1. The van der Waals surface area contributed by atoms with Gasteiger partial charge in [0.15, 0.2) is 5.58 Å². The van der Waals surface area contributed by atoms with E-state index in [9.17, 15) is 14.9 Å². The normalized spacial score (nSPS) is 11.1. The van der Waals surface area contributed by atoms with E-state index in [0.29, 0.717) is 47.4 Å². The average Bonchev–Trinajstić information content (AvgIpc) is 3.34. The van der Waals surface area contributed by atoms with Crippen LogP contribution in [0.2, 0.25) is 0 Å². The van der Waals surface area contributed by atoms with Gasteiger partial charge >= 0.3 is 5.76 Å². The lowest BCUT2D eigenvalue weighted by atomic mass is 10.1. The zero-order valence-electron chi connectivity index (χ0n) is 16.5. The fraction of sp³-hybridized carbons (Fsp3) is 0.250. The zero-order valence-corrected chi connectivity index (χ0v) is 17.3. The minimum absolute atomic E-state index is 0.0927. The van der Waals surface area contributed by atoms with Crippen LogP contribution in [0.3, 0.4) is 0 Å². The van der Waals surface area contributed by atoms with Gasteiger partial charge < -0.3 is 13.6 Å². The topological polar surface area (TPSA) is 126 Å². The number of benzene rings is 2. The van der Waals surface area contributed by atoms with Crippen molar-refractivity contribution in [2.24, 2.45) is 0 Å². The molecule has 0 amide bonds. The Balaban J connectivity index is 1.35. The van der Waals surface area contributed by atoms with Crippen molar-refractivity contribution in [3.8, 4) is 5.75 Å². The number of ether oxygens (including phenoxy) is 1. The Labute approximate surface area is 180 Å². The van der Waals surface area contributed by atoms with E-state index in [1.165, 1.54) is 34.5 Å². The number of nitro benzene ring substituents is 1. The third kappa shape index (κ3) is 4.61. The summed E-state index contributed by atoms with van der Waals surface area (Å²) in [5, 5.41) is 19.5. The minimum atomic E-state index is -0.544. The number of aryl methyl sites for hydroxylation is 1. The Morgan fingerprint density at radius 1 is 1.19 bits per heavy atom. The van der Waals surface area contributed by atoms with Crippen molar-refractivity contribution in [3.63, 3.8) is 0 Å². The molecule has 10 nitrogen and oxygen atoms in total. The van der Waals surface area contributed by atoms with Crippen LogP contribution < -0.4 is 10.5 Å². The fourth-order valence-corrected chi connectivity index (χ4v) is 3.84. The molecule has 2 heterocycles. The molecule has 0 aliphatic carbocycles. The molecule has 0 saturated carbocycles. The second-order valence-corrected chi connectivity index (χ2v) is 7.63. The van der Waals surface area contributed by atoms with Gasteiger partial charge in [0.05, 0.1) is 24.0 Å². The van der Waals surface area contributed by atoms with Gasteiger partial charge in [0.25, 0.3) is 10.9 Å². The number of rotatable bonds is 9. The highest BCUT2D eigenvalue weighted by molar-refractivity contribution is 7.99. The molecule has 2 aromatic carbocycles. The molecule has 0 aliphatic rings. The number of nitro groups is 1. The first kappa shape index (κ1) is 20.7. The summed E-state index contributed by atoms with van der Waals surface area (Å²) in [5.74, 6) is 1.31. The number of thioether (sulfide) groups is 1. The molecule has 0 bridgehead atoms. The predicted octanol–water partition coefficient (Wildman–Crippen LogP) is 3.67. The number of oxazole rings is 1. The summed E-state index contributed by atoms with van der Waals surface area (Å²) < 4.78 is 17.6. The largest absolute Gasteiger partial charge is 0.496 e. The Morgan fingerprint density at radius 3 is 2.84 bits per heavy atom. The Morgan fingerprint density at radius 2 is 2.03 bits per heavy atom. The molecule has 0 radical (unpaired) electrons. The van der Waals surface area contributed by atoms with Crippen LogP contribution in [0.15, 0.2) is 61.3 Å². The summed E-state index contributed by atoms with van der Waals surface area (Å²) in [4.78, 5) is 22.6. The van der Waals surface area contributed by atoms with E-state index in [1.807, 2.05) is 24.3 Å². The third-order valence-electron chi connectivity index (χ3n) is 4.60. The maximum Gasteiger partial charge on any atom is 0.419 e. The van der Waals surface area contributed by atoms with Gasteiger partial charge in [0.2, 0.25) is 5.89 Å². The fourth-order valence-electron chi connectivity index (χ4n) is 3.14. The van der Waals surface area contributed by atoms with E-state index in [4.69, 9.17) is 13.6 Å². The van der Waals surface area contributed by atoms with Crippen molar-refractivity contribution in [2.45, 2.75) is 24.6 Å².